The predicted molar refractivity (Wildman–Crippen MR) is 90.2 cm³/mol. The molecule has 0 aromatic heterocycles. The molecule has 0 bridgehead atoms. The Hall–Kier alpha value is -1.23. The standard InChI is InChI=1S/C14H22FN3O4S2/c1-3-23(19,20)17-13-5-4-11(8-12(13)15)24(21,22)18-14-9-16-7-6-10(14)2/h4-5,8,10,14,16-18H,3,6-7,9H2,1-2H3. The summed E-state index contributed by atoms with van der Waals surface area (Å²) in [6.07, 6.45) is 0.847. The van der Waals surface area contributed by atoms with E-state index in [9.17, 15) is 21.2 Å². The SMILES string of the molecule is CCS(=O)(=O)Nc1ccc(S(=O)(=O)NC2CNCCC2C)cc1F. The molecule has 1 aliphatic heterocycles. The molecule has 2 atom stereocenters. The minimum atomic E-state index is -3.89. The Morgan fingerprint density at radius 3 is 2.58 bits per heavy atom. The highest BCUT2D eigenvalue weighted by Gasteiger charge is 2.27. The summed E-state index contributed by atoms with van der Waals surface area (Å²) in [5.41, 5.74) is -0.275. The highest BCUT2D eigenvalue weighted by molar-refractivity contribution is 7.92. The molecule has 136 valence electrons. The van der Waals surface area contributed by atoms with Gasteiger partial charge in [-0.15, -0.1) is 0 Å². The van der Waals surface area contributed by atoms with Crippen molar-refractivity contribution in [1.82, 2.24) is 10.0 Å². The Bertz CT molecular complexity index is 796. The van der Waals surface area contributed by atoms with Gasteiger partial charge in [-0.1, -0.05) is 6.92 Å². The number of anilines is 1. The van der Waals surface area contributed by atoms with Gasteiger partial charge in [0.05, 0.1) is 16.3 Å². The Labute approximate surface area is 142 Å². The summed E-state index contributed by atoms with van der Waals surface area (Å²) in [7, 11) is -7.53. The molecule has 0 radical (unpaired) electrons. The van der Waals surface area contributed by atoms with Crippen LogP contribution in [-0.2, 0) is 20.0 Å². The average Bonchev–Trinajstić information content (AvgIpc) is 2.51. The number of nitrogens with one attached hydrogen (secondary N) is 3. The van der Waals surface area contributed by atoms with Gasteiger partial charge in [0.1, 0.15) is 5.82 Å². The van der Waals surface area contributed by atoms with Crippen molar-refractivity contribution in [2.24, 2.45) is 5.92 Å². The molecule has 1 aliphatic rings. The number of piperidine rings is 1. The maximum Gasteiger partial charge on any atom is 0.240 e. The maximum absolute atomic E-state index is 14.1. The van der Waals surface area contributed by atoms with E-state index in [1.54, 1.807) is 0 Å². The largest absolute Gasteiger partial charge is 0.315 e. The van der Waals surface area contributed by atoms with Crippen LogP contribution in [0.1, 0.15) is 20.3 Å². The first-order valence-corrected chi connectivity index (χ1v) is 10.8. The second-order valence-electron chi connectivity index (χ2n) is 5.85. The molecule has 1 aromatic rings. The summed E-state index contributed by atoms with van der Waals surface area (Å²) in [6, 6.07) is 2.83. The quantitative estimate of drug-likeness (QED) is 0.680. The van der Waals surface area contributed by atoms with Crippen LogP contribution in [0, 0.1) is 11.7 Å². The summed E-state index contributed by atoms with van der Waals surface area (Å²) < 4.78 is 66.5. The molecule has 1 saturated heterocycles. The minimum absolute atomic E-state index is 0.168. The topological polar surface area (TPSA) is 104 Å². The van der Waals surface area contributed by atoms with Crippen molar-refractivity contribution in [3.05, 3.63) is 24.0 Å². The van der Waals surface area contributed by atoms with Gasteiger partial charge >= 0.3 is 0 Å². The number of rotatable bonds is 6. The van der Waals surface area contributed by atoms with Crippen molar-refractivity contribution in [2.45, 2.75) is 31.2 Å². The van der Waals surface area contributed by atoms with Crippen molar-refractivity contribution in [1.29, 1.82) is 0 Å². The van der Waals surface area contributed by atoms with Gasteiger partial charge in [-0.3, -0.25) is 4.72 Å². The Balaban J connectivity index is 2.20. The zero-order valence-corrected chi connectivity index (χ0v) is 15.2. The third-order valence-corrected chi connectivity index (χ3v) is 6.81. The van der Waals surface area contributed by atoms with Crippen LogP contribution in [0.25, 0.3) is 0 Å². The summed E-state index contributed by atoms with van der Waals surface area (Å²) in [5.74, 6) is -0.980. The second-order valence-corrected chi connectivity index (χ2v) is 9.57. The van der Waals surface area contributed by atoms with E-state index in [4.69, 9.17) is 0 Å². The molecule has 3 N–H and O–H groups in total. The van der Waals surface area contributed by atoms with Gasteiger partial charge in [0, 0.05) is 12.6 Å². The van der Waals surface area contributed by atoms with Gasteiger partial charge in [0.2, 0.25) is 20.0 Å². The van der Waals surface area contributed by atoms with Crippen LogP contribution in [0.15, 0.2) is 23.1 Å². The van der Waals surface area contributed by atoms with Gasteiger partial charge in [-0.2, -0.15) is 0 Å². The maximum atomic E-state index is 14.1. The van der Waals surface area contributed by atoms with Crippen molar-refractivity contribution in [3.63, 3.8) is 0 Å². The van der Waals surface area contributed by atoms with E-state index >= 15 is 0 Å². The lowest BCUT2D eigenvalue weighted by molar-refractivity contribution is 0.327. The van der Waals surface area contributed by atoms with Crippen LogP contribution >= 0.6 is 0 Å². The van der Waals surface area contributed by atoms with Crippen molar-refractivity contribution in [2.75, 3.05) is 23.6 Å². The highest BCUT2D eigenvalue weighted by Crippen LogP contribution is 2.21. The Morgan fingerprint density at radius 2 is 2.00 bits per heavy atom. The summed E-state index contributed by atoms with van der Waals surface area (Å²) in [4.78, 5) is -0.239. The fourth-order valence-corrected chi connectivity index (χ4v) is 4.40. The molecule has 0 saturated carbocycles. The third kappa shape index (κ3) is 4.65. The first-order chi connectivity index (χ1) is 11.1. The summed E-state index contributed by atoms with van der Waals surface area (Å²) in [6.45, 7) is 4.72. The van der Waals surface area contributed by atoms with E-state index in [1.165, 1.54) is 13.0 Å². The molecule has 1 fully saturated rings. The molecule has 1 aromatic carbocycles. The minimum Gasteiger partial charge on any atom is -0.315 e. The van der Waals surface area contributed by atoms with Crippen LogP contribution in [0.3, 0.4) is 0 Å². The first kappa shape index (κ1) is 19.1. The Morgan fingerprint density at radius 1 is 1.29 bits per heavy atom. The van der Waals surface area contributed by atoms with Gasteiger partial charge in [-0.05, 0) is 44.0 Å². The van der Waals surface area contributed by atoms with E-state index in [1.807, 2.05) is 6.92 Å². The number of hydrogen-bond acceptors (Lipinski definition) is 5. The zero-order chi connectivity index (χ0) is 18.0. The number of benzene rings is 1. The molecule has 24 heavy (non-hydrogen) atoms. The number of hydrogen-bond donors (Lipinski definition) is 3. The van der Waals surface area contributed by atoms with Crippen molar-refractivity contribution in [3.8, 4) is 0 Å². The normalized spacial score (nSPS) is 22.3. The van der Waals surface area contributed by atoms with Gasteiger partial charge < -0.3 is 5.32 Å². The smallest absolute Gasteiger partial charge is 0.240 e. The van der Waals surface area contributed by atoms with E-state index in [0.717, 1.165) is 25.1 Å². The van der Waals surface area contributed by atoms with E-state index in [0.29, 0.717) is 6.54 Å². The number of halogens is 1. The fraction of sp³-hybridized carbons (Fsp3) is 0.571. The van der Waals surface area contributed by atoms with Crippen LogP contribution in [0.5, 0.6) is 0 Å². The highest BCUT2D eigenvalue weighted by atomic mass is 32.2. The molecule has 7 nitrogen and oxygen atoms in total. The van der Waals surface area contributed by atoms with Crippen molar-refractivity contribution < 1.29 is 21.2 Å². The molecule has 1 heterocycles. The molecular formula is C14H22FN3O4S2. The van der Waals surface area contributed by atoms with E-state index < -0.39 is 25.9 Å². The lowest BCUT2D eigenvalue weighted by atomic mass is 9.96. The molecule has 0 aliphatic carbocycles. The molecule has 2 unspecified atom stereocenters. The molecule has 0 spiro atoms. The van der Waals surface area contributed by atoms with Crippen LogP contribution in [-0.4, -0.2) is 41.7 Å². The number of sulfonamides is 2. The average molecular weight is 379 g/mol. The second kappa shape index (κ2) is 7.34. The fourth-order valence-electron chi connectivity index (χ4n) is 2.40. The molecule has 2 rings (SSSR count). The van der Waals surface area contributed by atoms with Crippen molar-refractivity contribution >= 4 is 25.7 Å². The summed E-state index contributed by atoms with van der Waals surface area (Å²) >= 11 is 0. The van der Waals surface area contributed by atoms with Gasteiger partial charge in [0.15, 0.2) is 0 Å². The van der Waals surface area contributed by atoms with E-state index in [-0.39, 0.29) is 28.3 Å². The summed E-state index contributed by atoms with van der Waals surface area (Å²) in [5, 5.41) is 3.11. The van der Waals surface area contributed by atoms with Crippen LogP contribution in [0.2, 0.25) is 0 Å². The zero-order valence-electron chi connectivity index (χ0n) is 13.5. The van der Waals surface area contributed by atoms with Gasteiger partial charge in [0.25, 0.3) is 0 Å². The monoisotopic (exact) mass is 379 g/mol. The Kier molecular flexibility index (Phi) is 5.84. The predicted octanol–water partition coefficient (Wildman–Crippen LogP) is 0.864. The third-order valence-electron chi connectivity index (χ3n) is 4.03. The first-order valence-electron chi connectivity index (χ1n) is 7.67. The van der Waals surface area contributed by atoms with Gasteiger partial charge in [-0.25, -0.2) is 25.9 Å². The molecule has 10 heteroatoms. The van der Waals surface area contributed by atoms with Crippen LogP contribution in [0.4, 0.5) is 10.1 Å². The molecule has 0 amide bonds. The lowest BCUT2D eigenvalue weighted by Gasteiger charge is -2.30. The molecular weight excluding hydrogens is 357 g/mol. The lowest BCUT2D eigenvalue weighted by Crippen LogP contribution is -2.50. The van der Waals surface area contributed by atoms with E-state index in [2.05, 4.69) is 14.8 Å². The van der Waals surface area contributed by atoms with Crippen LogP contribution < -0.4 is 14.8 Å².